The van der Waals surface area contributed by atoms with E-state index in [-0.39, 0.29) is 4.90 Å². The largest absolute Gasteiger partial charge is 0.318 e. The van der Waals surface area contributed by atoms with Crippen LogP contribution >= 0.6 is 23.2 Å². The van der Waals surface area contributed by atoms with Crippen molar-refractivity contribution in [3.8, 4) is 5.69 Å². The highest BCUT2D eigenvalue weighted by atomic mass is 35.5. The first-order valence-corrected chi connectivity index (χ1v) is 13.4. The minimum atomic E-state index is -3.71. The fourth-order valence-corrected chi connectivity index (χ4v) is 5.39. The molecule has 0 atom stereocenters. The van der Waals surface area contributed by atoms with Gasteiger partial charge in [-0.2, -0.15) is 5.10 Å². The van der Waals surface area contributed by atoms with Gasteiger partial charge in [-0.15, -0.1) is 0 Å². The molecule has 1 aromatic heterocycles. The van der Waals surface area contributed by atoms with Crippen LogP contribution in [0.15, 0.2) is 88.9 Å². The van der Waals surface area contributed by atoms with Crippen LogP contribution in [-0.2, 0) is 10.0 Å². The summed E-state index contributed by atoms with van der Waals surface area (Å²) in [5, 5.41) is 5.05. The van der Waals surface area contributed by atoms with Crippen molar-refractivity contribution in [2.75, 3.05) is 11.4 Å². The third-order valence-electron chi connectivity index (χ3n) is 5.90. The summed E-state index contributed by atoms with van der Waals surface area (Å²) in [5.41, 5.74) is 6.86. The summed E-state index contributed by atoms with van der Waals surface area (Å²) in [4.78, 5) is 12.8. The minimum absolute atomic E-state index is 0.187. The smallest absolute Gasteiger partial charge is 0.271 e. The van der Waals surface area contributed by atoms with Gasteiger partial charge in [0, 0.05) is 35.2 Å². The highest BCUT2D eigenvalue weighted by molar-refractivity contribution is 7.92. The second-order valence-corrected chi connectivity index (χ2v) is 11.1. The van der Waals surface area contributed by atoms with Gasteiger partial charge in [0.25, 0.3) is 15.9 Å². The van der Waals surface area contributed by atoms with Gasteiger partial charge < -0.3 is 4.57 Å². The van der Waals surface area contributed by atoms with Crippen LogP contribution in [0, 0.1) is 13.8 Å². The first kappa shape index (κ1) is 26.5. The molecule has 0 spiro atoms. The Kier molecular flexibility index (Phi) is 7.73. The maximum atomic E-state index is 12.8. The van der Waals surface area contributed by atoms with Gasteiger partial charge in [0.2, 0.25) is 0 Å². The molecule has 1 N–H and O–H groups in total. The van der Waals surface area contributed by atoms with Crippen LogP contribution in [0.2, 0.25) is 10.0 Å². The number of amides is 1. The first-order chi connectivity index (χ1) is 17.6. The molecule has 0 unspecified atom stereocenters. The zero-order valence-corrected chi connectivity index (χ0v) is 22.6. The summed E-state index contributed by atoms with van der Waals surface area (Å²) in [7, 11) is -2.24. The third-order valence-corrected chi connectivity index (χ3v) is 8.43. The molecule has 190 valence electrons. The fraction of sp³-hybridized carbons (Fsp3) is 0.111. The second-order valence-electron chi connectivity index (χ2n) is 8.29. The van der Waals surface area contributed by atoms with Gasteiger partial charge in [-0.05, 0) is 74.5 Å². The van der Waals surface area contributed by atoms with Crippen LogP contribution in [0.1, 0.15) is 27.3 Å². The molecule has 3 aromatic carbocycles. The Labute approximate surface area is 226 Å². The molecule has 4 aromatic rings. The van der Waals surface area contributed by atoms with Crippen molar-refractivity contribution in [1.29, 1.82) is 0 Å². The molecule has 0 aliphatic heterocycles. The van der Waals surface area contributed by atoms with E-state index in [4.69, 9.17) is 23.2 Å². The van der Waals surface area contributed by atoms with Gasteiger partial charge in [-0.1, -0.05) is 41.4 Å². The molecule has 0 bridgehead atoms. The Balaban J connectivity index is 1.45. The first-order valence-electron chi connectivity index (χ1n) is 11.2. The number of aromatic nitrogens is 1. The van der Waals surface area contributed by atoms with Crippen molar-refractivity contribution in [1.82, 2.24) is 9.99 Å². The van der Waals surface area contributed by atoms with Gasteiger partial charge in [0.05, 0.1) is 26.8 Å². The van der Waals surface area contributed by atoms with Crippen LogP contribution in [0.25, 0.3) is 5.69 Å². The molecule has 0 radical (unpaired) electrons. The number of anilines is 1. The second kappa shape index (κ2) is 10.8. The van der Waals surface area contributed by atoms with Gasteiger partial charge in [-0.25, -0.2) is 13.8 Å². The highest BCUT2D eigenvalue weighted by Gasteiger charge is 2.21. The topological polar surface area (TPSA) is 83.8 Å². The van der Waals surface area contributed by atoms with Crippen molar-refractivity contribution in [2.24, 2.45) is 5.10 Å². The number of hydrogen-bond acceptors (Lipinski definition) is 4. The van der Waals surface area contributed by atoms with Crippen LogP contribution < -0.4 is 9.73 Å². The average Bonchev–Trinajstić information content (AvgIpc) is 3.18. The molecule has 0 aliphatic carbocycles. The van der Waals surface area contributed by atoms with E-state index < -0.39 is 15.9 Å². The Morgan fingerprint density at radius 1 is 0.946 bits per heavy atom. The minimum Gasteiger partial charge on any atom is -0.318 e. The molecule has 1 heterocycles. The van der Waals surface area contributed by atoms with Crippen LogP contribution in [0.5, 0.6) is 0 Å². The quantitative estimate of drug-likeness (QED) is 0.225. The van der Waals surface area contributed by atoms with Crippen LogP contribution in [0.3, 0.4) is 0 Å². The van der Waals surface area contributed by atoms with E-state index >= 15 is 0 Å². The molecule has 0 saturated carbocycles. The lowest BCUT2D eigenvalue weighted by Crippen LogP contribution is -2.26. The molecule has 0 aliphatic rings. The number of aryl methyl sites for hydroxylation is 1. The van der Waals surface area contributed by atoms with E-state index in [1.807, 2.05) is 30.5 Å². The maximum Gasteiger partial charge on any atom is 0.271 e. The summed E-state index contributed by atoms with van der Waals surface area (Å²) >= 11 is 12.2. The number of nitrogens with zero attached hydrogens (tertiary/aromatic N) is 3. The van der Waals surface area contributed by atoms with Crippen molar-refractivity contribution in [3.05, 3.63) is 111 Å². The van der Waals surface area contributed by atoms with Crippen molar-refractivity contribution >= 4 is 51.0 Å². The lowest BCUT2D eigenvalue weighted by atomic mass is 10.2. The molecular formula is C27H24Cl2N4O3S. The number of nitrogens with one attached hydrogen (secondary N) is 1. The lowest BCUT2D eigenvalue weighted by molar-refractivity contribution is 0.0955. The number of halogens is 2. The average molecular weight is 555 g/mol. The summed E-state index contributed by atoms with van der Waals surface area (Å²) in [5.74, 6) is -0.422. The fourth-order valence-electron chi connectivity index (χ4n) is 3.88. The zero-order chi connectivity index (χ0) is 26.7. The number of hydrogen-bond donors (Lipinski definition) is 1. The lowest BCUT2D eigenvalue weighted by Gasteiger charge is -2.19. The highest BCUT2D eigenvalue weighted by Crippen LogP contribution is 2.27. The van der Waals surface area contributed by atoms with Crippen LogP contribution in [-0.4, -0.2) is 32.2 Å². The molecule has 0 fully saturated rings. The van der Waals surface area contributed by atoms with E-state index in [0.29, 0.717) is 21.3 Å². The Morgan fingerprint density at radius 2 is 1.62 bits per heavy atom. The number of carbonyl (C=O) groups excluding carboxylic acids is 1. The predicted octanol–water partition coefficient (Wildman–Crippen LogP) is 5.99. The normalized spacial score (nSPS) is 11.6. The zero-order valence-electron chi connectivity index (χ0n) is 20.3. The molecule has 10 heteroatoms. The number of hydrazone groups is 1. The van der Waals surface area contributed by atoms with Crippen molar-refractivity contribution < 1.29 is 13.2 Å². The number of sulfonamides is 1. The predicted molar refractivity (Wildman–Crippen MR) is 149 cm³/mol. The van der Waals surface area contributed by atoms with Gasteiger partial charge in [0.15, 0.2) is 0 Å². The van der Waals surface area contributed by atoms with E-state index in [9.17, 15) is 13.2 Å². The van der Waals surface area contributed by atoms with E-state index in [0.717, 1.165) is 22.6 Å². The van der Waals surface area contributed by atoms with Gasteiger partial charge in [-0.3, -0.25) is 9.10 Å². The summed E-state index contributed by atoms with van der Waals surface area (Å²) < 4.78 is 28.8. The van der Waals surface area contributed by atoms with Gasteiger partial charge >= 0.3 is 0 Å². The maximum absolute atomic E-state index is 12.8. The Bertz CT molecular complexity index is 1580. The summed E-state index contributed by atoms with van der Waals surface area (Å²) in [6, 6.07) is 21.8. The Hall–Kier alpha value is -3.59. The van der Waals surface area contributed by atoms with E-state index in [1.54, 1.807) is 60.8 Å². The molecule has 0 saturated heterocycles. The molecule has 1 amide bonds. The molecule has 37 heavy (non-hydrogen) atoms. The molecule has 4 rings (SSSR count). The summed E-state index contributed by atoms with van der Waals surface area (Å²) in [6.45, 7) is 3.90. The number of carbonyl (C=O) groups is 1. The van der Waals surface area contributed by atoms with Crippen molar-refractivity contribution in [3.63, 3.8) is 0 Å². The Morgan fingerprint density at radius 3 is 2.27 bits per heavy atom. The monoisotopic (exact) mass is 554 g/mol. The molecule has 7 nitrogen and oxygen atoms in total. The molecular weight excluding hydrogens is 531 g/mol. The van der Waals surface area contributed by atoms with Gasteiger partial charge in [0.1, 0.15) is 0 Å². The van der Waals surface area contributed by atoms with E-state index in [1.165, 1.54) is 23.5 Å². The van der Waals surface area contributed by atoms with Crippen molar-refractivity contribution in [2.45, 2.75) is 18.7 Å². The number of rotatable bonds is 7. The third kappa shape index (κ3) is 5.56. The van der Waals surface area contributed by atoms with E-state index in [2.05, 4.69) is 10.5 Å². The van der Waals surface area contributed by atoms with Crippen LogP contribution in [0.4, 0.5) is 5.69 Å². The summed E-state index contributed by atoms with van der Waals surface area (Å²) in [6.07, 6.45) is 1.57. The number of benzene rings is 3. The SMILES string of the molecule is Cc1cc(/C=N/NC(=O)c2ccc(N(C)S(=O)(=O)c3ccccc3)cc2)c(C)n1-c1ccc(Cl)c(Cl)c1. The standard InChI is InChI=1S/C27H24Cl2N4O3S/c1-18-15-21(19(2)33(18)23-13-14-25(28)26(29)16-23)17-30-31-27(34)20-9-11-22(12-10-20)32(3)37(35,36)24-7-5-4-6-8-24/h4-17H,1-3H3,(H,31,34)/b30-17+.